The Morgan fingerprint density at radius 1 is 1.12 bits per heavy atom. The number of benzene rings is 2. The summed E-state index contributed by atoms with van der Waals surface area (Å²) in [6.45, 7) is 0. The van der Waals surface area contributed by atoms with E-state index in [-0.39, 0.29) is 15.5 Å². The molecule has 2 aromatic carbocycles. The highest BCUT2D eigenvalue weighted by Gasteiger charge is 2.17. The monoisotopic (exact) mass is 410 g/mol. The average Bonchev–Trinajstić information content (AvgIpc) is 3.09. The number of nitrogens with one attached hydrogen (secondary N) is 1. The minimum atomic E-state index is -3.91. The summed E-state index contributed by atoms with van der Waals surface area (Å²) in [5.74, 6) is -0.489. The van der Waals surface area contributed by atoms with Gasteiger partial charge in [0.15, 0.2) is 0 Å². The maximum atomic E-state index is 12.4. The first kappa shape index (κ1) is 19.2. The SMILES string of the molecule is NS(=O)(=O)c1ccc(Cl)c(C(=O)Nc2ccc(SC3CCCC3)cc2)c1. The van der Waals surface area contributed by atoms with Crippen LogP contribution in [0.15, 0.2) is 52.3 Å². The molecule has 0 heterocycles. The Morgan fingerprint density at radius 2 is 1.77 bits per heavy atom. The van der Waals surface area contributed by atoms with Crippen molar-refractivity contribution in [2.75, 3.05) is 5.32 Å². The number of nitrogens with two attached hydrogens (primary N) is 1. The highest BCUT2D eigenvalue weighted by atomic mass is 35.5. The Bertz CT molecular complexity index is 909. The van der Waals surface area contributed by atoms with Gasteiger partial charge in [0.05, 0.1) is 15.5 Å². The zero-order valence-electron chi connectivity index (χ0n) is 13.9. The standard InChI is InChI=1S/C18H19ClN2O3S2/c19-17-10-9-15(26(20,23)24)11-16(17)18(22)21-12-5-7-14(8-6-12)25-13-3-1-2-4-13/h5-11,13H,1-4H2,(H,21,22)(H2,20,23,24). The highest BCUT2D eigenvalue weighted by molar-refractivity contribution is 8.00. The van der Waals surface area contributed by atoms with E-state index in [0.29, 0.717) is 10.9 Å². The molecule has 1 saturated carbocycles. The van der Waals surface area contributed by atoms with Crippen LogP contribution in [0.4, 0.5) is 5.69 Å². The van der Waals surface area contributed by atoms with Gasteiger partial charge in [0, 0.05) is 15.8 Å². The maximum Gasteiger partial charge on any atom is 0.257 e. The van der Waals surface area contributed by atoms with E-state index < -0.39 is 15.9 Å². The van der Waals surface area contributed by atoms with Gasteiger partial charge in [-0.15, -0.1) is 11.8 Å². The molecular formula is C18H19ClN2O3S2. The van der Waals surface area contributed by atoms with Crippen molar-refractivity contribution in [3.63, 3.8) is 0 Å². The van der Waals surface area contributed by atoms with Crippen LogP contribution in [0.3, 0.4) is 0 Å². The zero-order valence-corrected chi connectivity index (χ0v) is 16.3. The lowest BCUT2D eigenvalue weighted by molar-refractivity contribution is 0.102. The summed E-state index contributed by atoms with van der Waals surface area (Å²) in [6.07, 6.45) is 5.10. The summed E-state index contributed by atoms with van der Waals surface area (Å²) in [7, 11) is -3.91. The molecule has 1 aliphatic carbocycles. The van der Waals surface area contributed by atoms with Gasteiger partial charge < -0.3 is 5.32 Å². The van der Waals surface area contributed by atoms with Gasteiger partial charge in [-0.05, 0) is 55.3 Å². The zero-order chi connectivity index (χ0) is 18.7. The first-order chi connectivity index (χ1) is 12.3. The molecule has 5 nitrogen and oxygen atoms in total. The van der Waals surface area contributed by atoms with Crippen LogP contribution in [0.1, 0.15) is 36.0 Å². The lowest BCUT2D eigenvalue weighted by atomic mass is 10.2. The number of hydrogen-bond acceptors (Lipinski definition) is 4. The summed E-state index contributed by atoms with van der Waals surface area (Å²) in [4.78, 5) is 13.5. The van der Waals surface area contributed by atoms with Crippen LogP contribution in [0.2, 0.25) is 5.02 Å². The van der Waals surface area contributed by atoms with Crippen LogP contribution in [-0.4, -0.2) is 19.6 Å². The van der Waals surface area contributed by atoms with Crippen LogP contribution in [0.25, 0.3) is 0 Å². The normalized spacial score (nSPS) is 15.2. The third-order valence-electron chi connectivity index (χ3n) is 4.23. The summed E-state index contributed by atoms with van der Waals surface area (Å²) in [5, 5.41) is 8.67. The number of carbonyl (C=O) groups is 1. The largest absolute Gasteiger partial charge is 0.322 e. The molecule has 8 heteroatoms. The fourth-order valence-electron chi connectivity index (χ4n) is 2.87. The van der Waals surface area contributed by atoms with Crippen molar-refractivity contribution in [2.24, 2.45) is 5.14 Å². The van der Waals surface area contributed by atoms with Crippen LogP contribution in [0, 0.1) is 0 Å². The number of thioether (sulfide) groups is 1. The average molecular weight is 411 g/mol. The second-order valence-corrected chi connectivity index (χ2v) is 9.53. The molecule has 0 saturated heterocycles. The van der Waals surface area contributed by atoms with E-state index in [4.69, 9.17) is 16.7 Å². The van der Waals surface area contributed by atoms with Gasteiger partial charge in [0.2, 0.25) is 10.0 Å². The fraction of sp³-hybridized carbons (Fsp3) is 0.278. The van der Waals surface area contributed by atoms with Crippen molar-refractivity contribution in [1.29, 1.82) is 0 Å². The van der Waals surface area contributed by atoms with E-state index in [9.17, 15) is 13.2 Å². The minimum Gasteiger partial charge on any atom is -0.322 e. The molecule has 138 valence electrons. The number of sulfonamides is 1. The van der Waals surface area contributed by atoms with Gasteiger partial charge in [0.1, 0.15) is 0 Å². The van der Waals surface area contributed by atoms with E-state index in [1.807, 2.05) is 36.0 Å². The number of hydrogen-bond donors (Lipinski definition) is 2. The lowest BCUT2D eigenvalue weighted by Crippen LogP contribution is -2.16. The lowest BCUT2D eigenvalue weighted by Gasteiger charge is -2.11. The number of halogens is 1. The van der Waals surface area contributed by atoms with Gasteiger partial charge in [-0.1, -0.05) is 24.4 Å². The van der Waals surface area contributed by atoms with Gasteiger partial charge in [-0.25, -0.2) is 13.6 Å². The number of carbonyl (C=O) groups excluding carboxylic acids is 1. The topological polar surface area (TPSA) is 89.3 Å². The molecular weight excluding hydrogens is 392 g/mol. The van der Waals surface area contributed by atoms with Crippen LogP contribution < -0.4 is 10.5 Å². The summed E-state index contributed by atoms with van der Waals surface area (Å²) in [5.41, 5.74) is 0.672. The van der Waals surface area contributed by atoms with Crippen molar-refractivity contribution < 1.29 is 13.2 Å². The Morgan fingerprint density at radius 3 is 2.38 bits per heavy atom. The molecule has 0 aromatic heterocycles. The van der Waals surface area contributed by atoms with E-state index in [1.54, 1.807) is 0 Å². The molecule has 0 unspecified atom stereocenters. The Labute approximate surface area is 162 Å². The molecule has 0 radical (unpaired) electrons. The van der Waals surface area contributed by atoms with Crippen LogP contribution in [0.5, 0.6) is 0 Å². The predicted octanol–water partition coefficient (Wildman–Crippen LogP) is 4.27. The number of rotatable bonds is 5. The molecule has 0 spiro atoms. The van der Waals surface area contributed by atoms with E-state index in [2.05, 4.69) is 5.32 Å². The molecule has 3 N–H and O–H groups in total. The first-order valence-electron chi connectivity index (χ1n) is 8.23. The second-order valence-electron chi connectivity index (χ2n) is 6.19. The minimum absolute atomic E-state index is 0.0580. The molecule has 0 atom stereocenters. The Kier molecular flexibility index (Phi) is 5.92. The van der Waals surface area contributed by atoms with Crippen molar-refractivity contribution in [3.8, 4) is 0 Å². The molecule has 3 rings (SSSR count). The predicted molar refractivity (Wildman–Crippen MR) is 105 cm³/mol. The van der Waals surface area contributed by atoms with E-state index in [1.165, 1.54) is 48.8 Å². The van der Waals surface area contributed by atoms with Crippen molar-refractivity contribution in [1.82, 2.24) is 0 Å². The van der Waals surface area contributed by atoms with Crippen molar-refractivity contribution >= 4 is 45.0 Å². The number of amides is 1. The van der Waals surface area contributed by atoms with Crippen LogP contribution in [-0.2, 0) is 10.0 Å². The maximum absolute atomic E-state index is 12.4. The highest BCUT2D eigenvalue weighted by Crippen LogP contribution is 2.35. The van der Waals surface area contributed by atoms with E-state index >= 15 is 0 Å². The molecule has 2 aromatic rings. The summed E-state index contributed by atoms with van der Waals surface area (Å²) < 4.78 is 22.9. The second kappa shape index (κ2) is 8.00. The number of anilines is 1. The summed E-state index contributed by atoms with van der Waals surface area (Å²) in [6, 6.07) is 11.4. The fourth-order valence-corrected chi connectivity index (χ4v) is 4.86. The van der Waals surface area contributed by atoms with Crippen molar-refractivity contribution in [3.05, 3.63) is 53.1 Å². The summed E-state index contributed by atoms with van der Waals surface area (Å²) >= 11 is 7.90. The molecule has 1 aliphatic rings. The number of primary sulfonamides is 1. The van der Waals surface area contributed by atoms with Gasteiger partial charge >= 0.3 is 0 Å². The third kappa shape index (κ3) is 4.79. The molecule has 0 bridgehead atoms. The molecule has 1 amide bonds. The molecule has 26 heavy (non-hydrogen) atoms. The van der Waals surface area contributed by atoms with Gasteiger partial charge in [-0.2, -0.15) is 0 Å². The third-order valence-corrected chi connectivity index (χ3v) is 6.82. The van der Waals surface area contributed by atoms with E-state index in [0.717, 1.165) is 0 Å². The molecule has 1 fully saturated rings. The Hall–Kier alpha value is -1.54. The van der Waals surface area contributed by atoms with Gasteiger partial charge in [0.25, 0.3) is 5.91 Å². The quantitative estimate of drug-likeness (QED) is 0.769. The first-order valence-corrected chi connectivity index (χ1v) is 11.0. The Balaban J connectivity index is 1.71. The molecule has 0 aliphatic heterocycles. The van der Waals surface area contributed by atoms with Crippen LogP contribution >= 0.6 is 23.4 Å². The van der Waals surface area contributed by atoms with Crippen molar-refractivity contribution in [2.45, 2.75) is 40.7 Å². The van der Waals surface area contributed by atoms with Gasteiger partial charge in [-0.3, -0.25) is 4.79 Å². The smallest absolute Gasteiger partial charge is 0.257 e.